The van der Waals surface area contributed by atoms with Crippen LogP contribution < -0.4 is 25.9 Å². The fourth-order valence-corrected chi connectivity index (χ4v) is 49.0. The van der Waals surface area contributed by atoms with Crippen molar-refractivity contribution in [1.29, 1.82) is 0 Å². The van der Waals surface area contributed by atoms with E-state index in [1.807, 2.05) is 0 Å². The Balaban J connectivity index is 2.11. The van der Waals surface area contributed by atoms with E-state index >= 15 is 0 Å². The Morgan fingerprint density at radius 3 is 0.750 bits per heavy atom. The van der Waals surface area contributed by atoms with Crippen LogP contribution >= 0.6 is 0 Å². The normalized spacial score (nSPS) is 12.3. The van der Waals surface area contributed by atoms with Gasteiger partial charge in [0, 0.05) is 7.59 Å². The predicted molar refractivity (Wildman–Crippen MR) is 165 cm³/mol. The quantitative estimate of drug-likeness (QED) is 0.214. The zero-order valence-electron chi connectivity index (χ0n) is 21.4. The molecule has 0 aromatic heterocycles. The molecule has 5 aromatic carbocycles. The summed E-state index contributed by atoms with van der Waals surface area (Å²) in [6.45, 7) is 7.90. The van der Waals surface area contributed by atoms with Gasteiger partial charge >= 0.3 is 0 Å². The first kappa shape index (κ1) is 24.4. The fourth-order valence-electron chi connectivity index (χ4n) is 6.62. The second-order valence-electron chi connectivity index (χ2n) is 10.6. The molecule has 0 atom stereocenters. The van der Waals surface area contributed by atoms with Crippen LogP contribution in [0.25, 0.3) is 0 Å². The van der Waals surface area contributed by atoms with Crippen molar-refractivity contribution in [1.82, 2.24) is 0 Å². The Morgan fingerprint density at radius 1 is 0.306 bits per heavy atom. The van der Waals surface area contributed by atoms with E-state index < -0.39 is 22.3 Å². The van der Waals surface area contributed by atoms with E-state index in [0.29, 0.717) is 0 Å². The molecule has 3 heteroatoms. The molecule has 0 bridgehead atoms. The van der Waals surface area contributed by atoms with Gasteiger partial charge in [-0.2, -0.15) is 0 Å². The lowest BCUT2D eigenvalue weighted by atomic mass is 10.3. The summed E-state index contributed by atoms with van der Waals surface area (Å²) < 4.78 is 0. The van der Waals surface area contributed by atoms with Crippen molar-refractivity contribution in [3.63, 3.8) is 0 Å². The van der Waals surface area contributed by atoms with Crippen LogP contribution in [-0.2, 0) is 0 Å². The first-order chi connectivity index (χ1) is 17.5. The van der Waals surface area contributed by atoms with Gasteiger partial charge in [0.25, 0.3) is 0 Å². The number of hydrogen-bond acceptors (Lipinski definition) is 0. The Kier molecular flexibility index (Phi) is 6.80. The highest BCUT2D eigenvalue weighted by Crippen LogP contribution is 2.30. The van der Waals surface area contributed by atoms with E-state index in [9.17, 15) is 0 Å². The summed E-state index contributed by atoms with van der Waals surface area (Å²) in [6, 6.07) is 57.8. The minimum atomic E-state index is -2.62. The highest BCUT2D eigenvalue weighted by Gasteiger charge is 2.65. The summed E-state index contributed by atoms with van der Waals surface area (Å²) in [5.41, 5.74) is 0. The Morgan fingerprint density at radius 2 is 0.528 bits per heavy atom. The minimum absolute atomic E-state index is 1.52. The van der Waals surface area contributed by atoms with E-state index in [2.05, 4.69) is 171 Å². The molecule has 0 aliphatic heterocycles. The van der Waals surface area contributed by atoms with Gasteiger partial charge in [0.05, 0.1) is 0 Å². The lowest BCUT2D eigenvalue weighted by Crippen LogP contribution is -2.96. The Labute approximate surface area is 218 Å². The van der Waals surface area contributed by atoms with E-state index in [1.165, 1.54) is 15.6 Å². The summed E-state index contributed by atoms with van der Waals surface area (Å²) in [4.78, 5) is 0. The smallest absolute Gasteiger partial charge is 0.0710 e. The van der Waals surface area contributed by atoms with Gasteiger partial charge in [0.1, 0.15) is 14.7 Å². The van der Waals surface area contributed by atoms with Gasteiger partial charge in [-0.3, -0.25) is 0 Å². The molecule has 0 heterocycles. The largest absolute Gasteiger partial charge is 0.147 e. The summed E-state index contributed by atoms with van der Waals surface area (Å²) >= 11 is 0. The summed E-state index contributed by atoms with van der Waals surface area (Å²) in [5.74, 6) is 0. The molecule has 0 saturated carbocycles. The van der Waals surface area contributed by atoms with Crippen molar-refractivity contribution in [2.24, 2.45) is 0 Å². The number of rotatable bonds is 7. The maximum Gasteiger partial charge on any atom is 0.147 e. The van der Waals surface area contributed by atoms with Gasteiger partial charge in [-0.25, -0.2) is 0 Å². The lowest BCUT2D eigenvalue weighted by molar-refractivity contribution is 1.67. The molecule has 0 fully saturated rings. The van der Waals surface area contributed by atoms with E-state index in [0.717, 1.165) is 0 Å². The van der Waals surface area contributed by atoms with Crippen LogP contribution in [0.4, 0.5) is 0 Å². The van der Waals surface area contributed by atoms with Crippen LogP contribution in [0.3, 0.4) is 0 Å². The maximum absolute atomic E-state index is 2.63. The molecule has 0 spiro atoms. The van der Waals surface area contributed by atoms with Gasteiger partial charge in [0.15, 0.2) is 0 Å². The van der Waals surface area contributed by atoms with Crippen LogP contribution in [0.15, 0.2) is 152 Å². The average Bonchev–Trinajstić information content (AvgIpc) is 2.93. The Hall–Kier alpha value is -3.25. The van der Waals surface area contributed by atoms with Crippen molar-refractivity contribution in [2.75, 3.05) is 0 Å². The highest BCUT2D eigenvalue weighted by atomic mass is 29.6. The highest BCUT2D eigenvalue weighted by molar-refractivity contribution is 7.83. The molecule has 178 valence electrons. The van der Waals surface area contributed by atoms with E-state index in [4.69, 9.17) is 0 Å². The fraction of sp³-hybridized carbons (Fsp3) is 0.0909. The lowest BCUT2D eigenvalue weighted by Gasteiger charge is -2.56. The van der Waals surface area contributed by atoms with Gasteiger partial charge in [-0.05, 0) is 0 Å². The van der Waals surface area contributed by atoms with Crippen molar-refractivity contribution in [2.45, 2.75) is 19.6 Å². The second kappa shape index (κ2) is 10.0. The molecule has 36 heavy (non-hydrogen) atoms. The molecule has 0 saturated heterocycles. The van der Waals surface area contributed by atoms with Crippen LogP contribution in [0.1, 0.15) is 0 Å². The zero-order chi connectivity index (χ0) is 25.1. The average molecular weight is 515 g/mol. The second-order valence-corrected chi connectivity index (χ2v) is 33.7. The van der Waals surface area contributed by atoms with Crippen LogP contribution in [-0.4, -0.2) is 22.3 Å². The number of benzene rings is 5. The van der Waals surface area contributed by atoms with Crippen LogP contribution in [0.2, 0.25) is 19.6 Å². The van der Waals surface area contributed by atoms with Crippen LogP contribution in [0.5, 0.6) is 0 Å². The molecule has 0 radical (unpaired) electrons. The summed E-state index contributed by atoms with van der Waals surface area (Å²) in [7, 11) is -7.00. The van der Waals surface area contributed by atoms with E-state index in [1.54, 1.807) is 10.4 Å². The van der Waals surface area contributed by atoms with Crippen molar-refractivity contribution in [3.8, 4) is 0 Å². The topological polar surface area (TPSA) is 0 Å². The van der Waals surface area contributed by atoms with Crippen LogP contribution in [0, 0.1) is 0 Å². The summed E-state index contributed by atoms with van der Waals surface area (Å²) in [5, 5.41) is 7.69. The predicted octanol–water partition coefficient (Wildman–Crippen LogP) is 4.92. The van der Waals surface area contributed by atoms with Gasteiger partial charge in [-0.15, -0.1) is 0 Å². The summed E-state index contributed by atoms with van der Waals surface area (Å²) in [6.07, 6.45) is 0. The molecular weight excluding hydrogens is 481 g/mol. The third-order valence-corrected chi connectivity index (χ3v) is 43.4. The van der Waals surface area contributed by atoms with Crippen molar-refractivity contribution in [3.05, 3.63) is 152 Å². The molecule has 0 aliphatic rings. The molecule has 0 unspecified atom stereocenters. The Bertz CT molecular complexity index is 1240. The molecule has 5 aromatic rings. The standard InChI is InChI=1S/C33H34Si3/c1-34(2,3)36(32-25-15-7-16-26-32,33-27-17-8-18-28-33)35(29-19-9-4-10-20-29,30-21-11-5-12-22-30)31-23-13-6-14-24-31/h4-28H,1-3H3. The molecule has 5 rings (SSSR count). The van der Waals surface area contributed by atoms with Gasteiger partial charge in [0.2, 0.25) is 0 Å². The zero-order valence-corrected chi connectivity index (χ0v) is 24.4. The number of hydrogen-bond donors (Lipinski definition) is 0. The van der Waals surface area contributed by atoms with Gasteiger partial charge < -0.3 is 0 Å². The van der Waals surface area contributed by atoms with Crippen molar-refractivity contribution >= 4 is 48.2 Å². The maximum atomic E-state index is 2.63. The molecule has 0 aliphatic carbocycles. The monoisotopic (exact) mass is 514 g/mol. The molecular formula is C33H34Si3. The third-order valence-electron chi connectivity index (χ3n) is 7.72. The molecule has 0 amide bonds. The van der Waals surface area contributed by atoms with Gasteiger partial charge in [-0.1, -0.05) is 197 Å². The minimum Gasteiger partial charge on any atom is -0.0710 e. The first-order valence-electron chi connectivity index (χ1n) is 12.8. The van der Waals surface area contributed by atoms with E-state index in [-0.39, 0.29) is 0 Å². The molecule has 0 nitrogen and oxygen atoms in total. The SMILES string of the molecule is C[Si](C)(C)[Si](c1ccccc1)(c1ccccc1)[Si](c1ccccc1)(c1ccccc1)c1ccccc1. The first-order valence-corrected chi connectivity index (χ1v) is 22.3. The molecule has 0 N–H and O–H groups in total. The van der Waals surface area contributed by atoms with Crippen molar-refractivity contribution < 1.29 is 0 Å². The third kappa shape index (κ3) is 3.79.